The number of carbonyl (C=O) groups is 1. The molecule has 2 aromatic rings. The zero-order valence-corrected chi connectivity index (χ0v) is 16.3. The monoisotopic (exact) mass is 382 g/mol. The van der Waals surface area contributed by atoms with Gasteiger partial charge in [-0.05, 0) is 74.5 Å². The van der Waals surface area contributed by atoms with E-state index in [9.17, 15) is 4.79 Å². The average molecular weight is 383 g/mol. The van der Waals surface area contributed by atoms with Crippen LogP contribution in [0.15, 0.2) is 60.3 Å². The van der Waals surface area contributed by atoms with Crippen molar-refractivity contribution in [1.29, 1.82) is 0 Å². The molecule has 1 amide bonds. The van der Waals surface area contributed by atoms with Gasteiger partial charge in [0.2, 0.25) is 0 Å². The molecule has 2 bridgehead atoms. The summed E-state index contributed by atoms with van der Waals surface area (Å²) in [6.45, 7) is 0. The largest absolute Gasteiger partial charge is 0.497 e. The van der Waals surface area contributed by atoms with Gasteiger partial charge >= 0.3 is 0 Å². The molecule has 0 aromatic heterocycles. The van der Waals surface area contributed by atoms with Gasteiger partial charge in [0.05, 0.1) is 7.11 Å². The van der Waals surface area contributed by atoms with Gasteiger partial charge in [-0.25, -0.2) is 0 Å². The standard InChI is InChI=1S/C22H23ClN2O2/c1-24-18-7-8-19(24)14-20(13-18)25(17-9-11-21(27-2)12-10-17)22(26)15-3-5-16(23)6-4-15/h3-6,9-13,18-19H,7-8,14H2,1-2H3. The minimum atomic E-state index is -0.0352. The van der Waals surface area contributed by atoms with Crippen LogP contribution >= 0.6 is 11.6 Å². The van der Waals surface area contributed by atoms with Crippen LogP contribution in [0.25, 0.3) is 0 Å². The van der Waals surface area contributed by atoms with Crippen LogP contribution in [0.2, 0.25) is 5.02 Å². The van der Waals surface area contributed by atoms with Crippen LogP contribution in [0.5, 0.6) is 5.75 Å². The molecule has 2 unspecified atom stereocenters. The van der Waals surface area contributed by atoms with Gasteiger partial charge in [-0.3, -0.25) is 14.6 Å². The van der Waals surface area contributed by atoms with Gasteiger partial charge in [-0.15, -0.1) is 0 Å². The summed E-state index contributed by atoms with van der Waals surface area (Å²) in [6, 6.07) is 15.6. The van der Waals surface area contributed by atoms with E-state index in [1.165, 1.54) is 6.42 Å². The van der Waals surface area contributed by atoms with Crippen molar-refractivity contribution in [2.75, 3.05) is 19.1 Å². The molecule has 2 aliphatic rings. The maximum absolute atomic E-state index is 13.4. The molecule has 0 N–H and O–H groups in total. The van der Waals surface area contributed by atoms with Gasteiger partial charge in [-0.1, -0.05) is 11.6 Å². The number of benzene rings is 2. The number of fused-ring (bicyclic) bond motifs is 2. The lowest BCUT2D eigenvalue weighted by atomic mass is 10.0. The predicted molar refractivity (Wildman–Crippen MR) is 109 cm³/mol. The van der Waals surface area contributed by atoms with Gasteiger partial charge in [0.25, 0.3) is 5.91 Å². The second kappa shape index (κ2) is 7.37. The zero-order chi connectivity index (χ0) is 19.0. The predicted octanol–water partition coefficient (Wildman–Crippen LogP) is 4.75. The maximum atomic E-state index is 13.4. The molecule has 27 heavy (non-hydrogen) atoms. The molecule has 1 fully saturated rings. The highest BCUT2D eigenvalue weighted by atomic mass is 35.5. The number of hydrogen-bond acceptors (Lipinski definition) is 3. The third kappa shape index (κ3) is 3.47. The average Bonchev–Trinajstić information content (AvgIpc) is 2.90. The first-order valence-electron chi connectivity index (χ1n) is 9.23. The van der Waals surface area contributed by atoms with E-state index >= 15 is 0 Å². The van der Waals surface area contributed by atoms with Crippen molar-refractivity contribution in [3.05, 3.63) is 70.9 Å². The molecule has 4 rings (SSSR count). The highest BCUT2D eigenvalue weighted by Crippen LogP contribution is 2.37. The molecule has 0 radical (unpaired) electrons. The van der Waals surface area contributed by atoms with Crippen molar-refractivity contribution in [2.45, 2.75) is 31.3 Å². The molecular weight excluding hydrogens is 360 g/mol. The summed E-state index contributed by atoms with van der Waals surface area (Å²) in [5.41, 5.74) is 2.55. The molecule has 2 heterocycles. The molecule has 0 aliphatic carbocycles. The number of carbonyl (C=O) groups excluding carboxylic acids is 1. The number of ether oxygens (including phenoxy) is 1. The first-order chi connectivity index (χ1) is 13.1. The second-order valence-electron chi connectivity index (χ2n) is 7.17. The molecular formula is C22H23ClN2O2. The summed E-state index contributed by atoms with van der Waals surface area (Å²) in [5, 5.41) is 0.624. The summed E-state index contributed by atoms with van der Waals surface area (Å²) < 4.78 is 5.27. The topological polar surface area (TPSA) is 32.8 Å². The molecule has 0 saturated carbocycles. The van der Waals surface area contributed by atoms with Crippen LogP contribution in [0.3, 0.4) is 0 Å². The number of nitrogens with zero attached hydrogens (tertiary/aromatic N) is 2. The third-order valence-corrected chi connectivity index (χ3v) is 5.89. The number of amides is 1. The Hall–Kier alpha value is -2.30. The Morgan fingerprint density at radius 3 is 2.44 bits per heavy atom. The summed E-state index contributed by atoms with van der Waals surface area (Å²) in [7, 11) is 3.82. The lowest BCUT2D eigenvalue weighted by Crippen LogP contribution is -2.40. The van der Waals surface area contributed by atoms with Crippen LogP contribution in [0.1, 0.15) is 29.6 Å². The molecule has 2 aliphatic heterocycles. The Morgan fingerprint density at radius 1 is 1.11 bits per heavy atom. The first kappa shape index (κ1) is 18.1. The summed E-state index contributed by atoms with van der Waals surface area (Å²) in [6.07, 6.45) is 5.45. The number of anilines is 1. The van der Waals surface area contributed by atoms with E-state index in [1.807, 2.05) is 29.2 Å². The van der Waals surface area contributed by atoms with E-state index in [4.69, 9.17) is 16.3 Å². The zero-order valence-electron chi connectivity index (χ0n) is 15.6. The second-order valence-corrected chi connectivity index (χ2v) is 7.61. The third-order valence-electron chi connectivity index (χ3n) is 5.64. The Labute approximate surface area is 165 Å². The van der Waals surface area contributed by atoms with Crippen LogP contribution in [0, 0.1) is 0 Å². The fraction of sp³-hybridized carbons (Fsp3) is 0.318. The maximum Gasteiger partial charge on any atom is 0.262 e. The molecule has 5 heteroatoms. The summed E-state index contributed by atoms with van der Waals surface area (Å²) in [4.78, 5) is 17.7. The molecule has 4 nitrogen and oxygen atoms in total. The van der Waals surface area contributed by atoms with Crippen LogP contribution < -0.4 is 9.64 Å². The van der Waals surface area contributed by atoms with Crippen molar-refractivity contribution >= 4 is 23.2 Å². The van der Waals surface area contributed by atoms with Gasteiger partial charge in [0, 0.05) is 40.5 Å². The molecule has 0 spiro atoms. The number of halogens is 1. The fourth-order valence-corrected chi connectivity index (χ4v) is 4.18. The smallest absolute Gasteiger partial charge is 0.262 e. The minimum absolute atomic E-state index is 0.0352. The van der Waals surface area contributed by atoms with Gasteiger partial charge in [0.15, 0.2) is 0 Å². The van der Waals surface area contributed by atoms with E-state index in [0.717, 1.165) is 30.0 Å². The Bertz CT molecular complexity index is 861. The summed E-state index contributed by atoms with van der Waals surface area (Å²) in [5.74, 6) is 0.738. The van der Waals surface area contributed by atoms with Gasteiger partial charge in [0.1, 0.15) is 5.75 Å². The number of rotatable bonds is 4. The van der Waals surface area contributed by atoms with Crippen molar-refractivity contribution < 1.29 is 9.53 Å². The SMILES string of the molecule is COc1ccc(N(C(=O)c2ccc(Cl)cc2)C2=CC3CCC(C2)N3C)cc1. The van der Waals surface area contributed by atoms with Gasteiger partial charge in [-0.2, -0.15) is 0 Å². The van der Waals surface area contributed by atoms with Crippen LogP contribution in [0.4, 0.5) is 5.69 Å². The van der Waals surface area contributed by atoms with E-state index < -0.39 is 0 Å². The lowest BCUT2D eigenvalue weighted by molar-refractivity contribution is 0.0991. The highest BCUT2D eigenvalue weighted by molar-refractivity contribution is 6.30. The number of hydrogen-bond donors (Lipinski definition) is 0. The Morgan fingerprint density at radius 2 is 1.81 bits per heavy atom. The number of methoxy groups -OCH3 is 1. The van der Waals surface area contributed by atoms with Crippen molar-refractivity contribution in [2.24, 2.45) is 0 Å². The number of likely N-dealkylation sites (N-methyl/N-ethyl adjacent to an activating group) is 1. The van der Waals surface area contributed by atoms with E-state index in [1.54, 1.807) is 31.4 Å². The van der Waals surface area contributed by atoms with Crippen molar-refractivity contribution in [3.63, 3.8) is 0 Å². The lowest BCUT2D eigenvalue weighted by Gasteiger charge is -2.35. The fourth-order valence-electron chi connectivity index (χ4n) is 4.05. The van der Waals surface area contributed by atoms with Gasteiger partial charge < -0.3 is 4.74 Å². The first-order valence-corrected chi connectivity index (χ1v) is 9.61. The molecule has 140 valence electrons. The van der Waals surface area contributed by atoms with Crippen molar-refractivity contribution in [3.8, 4) is 5.75 Å². The van der Waals surface area contributed by atoms with E-state index in [0.29, 0.717) is 22.7 Å². The Kier molecular flexibility index (Phi) is 4.94. The minimum Gasteiger partial charge on any atom is -0.497 e. The Balaban J connectivity index is 1.74. The normalized spacial score (nSPS) is 21.7. The quantitative estimate of drug-likeness (QED) is 0.765. The molecule has 2 atom stereocenters. The summed E-state index contributed by atoms with van der Waals surface area (Å²) >= 11 is 6.00. The van der Waals surface area contributed by atoms with E-state index in [-0.39, 0.29) is 5.91 Å². The van der Waals surface area contributed by atoms with Crippen LogP contribution in [-0.4, -0.2) is 37.0 Å². The molecule has 1 saturated heterocycles. The highest BCUT2D eigenvalue weighted by Gasteiger charge is 2.37. The molecule has 2 aromatic carbocycles. The van der Waals surface area contributed by atoms with Crippen molar-refractivity contribution in [1.82, 2.24) is 4.90 Å². The van der Waals surface area contributed by atoms with Crippen LogP contribution in [-0.2, 0) is 0 Å². The van der Waals surface area contributed by atoms with E-state index in [2.05, 4.69) is 18.0 Å².